The first-order valence-electron chi connectivity index (χ1n) is 5.26. The Bertz CT molecular complexity index is 389. The third kappa shape index (κ3) is 5.07. The van der Waals surface area contributed by atoms with Gasteiger partial charge in [0.2, 0.25) is 0 Å². The third-order valence-corrected chi connectivity index (χ3v) is 2.13. The number of hydrogen-bond donors (Lipinski definition) is 1. The molecular formula is C11H11F6NO. The Labute approximate surface area is 105 Å². The molecular weight excluding hydrogens is 276 g/mol. The SMILES string of the molecule is Fc1ccc(CNCCOC(F)(F)C(F)(F)F)cc1. The molecule has 108 valence electrons. The molecule has 1 aromatic carbocycles. The molecule has 0 heterocycles. The topological polar surface area (TPSA) is 21.3 Å². The summed E-state index contributed by atoms with van der Waals surface area (Å²) in [5, 5.41) is 2.60. The van der Waals surface area contributed by atoms with Crippen LogP contribution in [0.2, 0.25) is 0 Å². The smallest absolute Gasteiger partial charge is 0.312 e. The first kappa shape index (κ1) is 15.8. The lowest BCUT2D eigenvalue weighted by molar-refractivity contribution is -0.390. The van der Waals surface area contributed by atoms with Crippen LogP contribution in [0.15, 0.2) is 24.3 Å². The van der Waals surface area contributed by atoms with Gasteiger partial charge in [0.1, 0.15) is 5.82 Å². The summed E-state index contributed by atoms with van der Waals surface area (Å²) in [6, 6.07) is 5.36. The molecule has 1 N–H and O–H groups in total. The van der Waals surface area contributed by atoms with E-state index in [1.165, 1.54) is 24.3 Å². The van der Waals surface area contributed by atoms with E-state index in [1.807, 2.05) is 0 Å². The number of benzene rings is 1. The van der Waals surface area contributed by atoms with Crippen LogP contribution in [0.4, 0.5) is 26.3 Å². The van der Waals surface area contributed by atoms with Gasteiger partial charge in [-0.1, -0.05) is 12.1 Å². The molecule has 0 saturated carbocycles. The van der Waals surface area contributed by atoms with E-state index < -0.39 is 24.7 Å². The van der Waals surface area contributed by atoms with E-state index in [9.17, 15) is 26.3 Å². The van der Waals surface area contributed by atoms with Crippen LogP contribution in [0.1, 0.15) is 5.56 Å². The molecule has 0 bridgehead atoms. The lowest BCUT2D eigenvalue weighted by atomic mass is 10.2. The summed E-state index contributed by atoms with van der Waals surface area (Å²) in [5.41, 5.74) is 0.670. The van der Waals surface area contributed by atoms with Gasteiger partial charge in [-0.2, -0.15) is 22.0 Å². The molecule has 8 heteroatoms. The Morgan fingerprint density at radius 3 is 2.11 bits per heavy atom. The van der Waals surface area contributed by atoms with Crippen molar-refractivity contribution < 1.29 is 31.1 Å². The fourth-order valence-electron chi connectivity index (χ4n) is 1.17. The summed E-state index contributed by atoms with van der Waals surface area (Å²) >= 11 is 0. The highest BCUT2D eigenvalue weighted by Crippen LogP contribution is 2.35. The van der Waals surface area contributed by atoms with Crippen LogP contribution in [0.25, 0.3) is 0 Å². The zero-order valence-electron chi connectivity index (χ0n) is 9.61. The van der Waals surface area contributed by atoms with Crippen molar-refractivity contribution >= 4 is 0 Å². The Hall–Kier alpha value is -1.28. The zero-order valence-corrected chi connectivity index (χ0v) is 9.61. The number of hydrogen-bond acceptors (Lipinski definition) is 2. The highest BCUT2D eigenvalue weighted by atomic mass is 19.4. The molecule has 0 saturated heterocycles. The maximum Gasteiger partial charge on any atom is 0.482 e. The summed E-state index contributed by atoms with van der Waals surface area (Å²) < 4.78 is 75.8. The van der Waals surface area contributed by atoms with Gasteiger partial charge in [0.25, 0.3) is 0 Å². The first-order valence-corrected chi connectivity index (χ1v) is 5.26. The van der Waals surface area contributed by atoms with Gasteiger partial charge in [-0.05, 0) is 17.7 Å². The summed E-state index contributed by atoms with van der Waals surface area (Å²) in [6.45, 7) is -0.780. The maximum atomic E-state index is 12.5. The van der Waals surface area contributed by atoms with Crippen molar-refractivity contribution in [3.05, 3.63) is 35.6 Å². The lowest BCUT2D eigenvalue weighted by Gasteiger charge is -2.19. The second kappa shape index (κ2) is 6.25. The molecule has 0 aliphatic carbocycles. The molecule has 19 heavy (non-hydrogen) atoms. The van der Waals surface area contributed by atoms with Gasteiger partial charge in [-0.3, -0.25) is 0 Å². The van der Waals surface area contributed by atoms with E-state index in [-0.39, 0.29) is 13.1 Å². The molecule has 2 nitrogen and oxygen atoms in total. The predicted molar refractivity (Wildman–Crippen MR) is 55.1 cm³/mol. The Morgan fingerprint density at radius 2 is 1.58 bits per heavy atom. The quantitative estimate of drug-likeness (QED) is 0.641. The average molecular weight is 287 g/mol. The third-order valence-electron chi connectivity index (χ3n) is 2.13. The molecule has 0 unspecified atom stereocenters. The molecule has 0 atom stereocenters. The largest absolute Gasteiger partial charge is 0.482 e. The van der Waals surface area contributed by atoms with Gasteiger partial charge >= 0.3 is 12.3 Å². The predicted octanol–water partition coefficient (Wildman–Crippen LogP) is 3.09. The minimum atomic E-state index is -5.72. The minimum Gasteiger partial charge on any atom is -0.312 e. The lowest BCUT2D eigenvalue weighted by Crippen LogP contribution is -2.40. The minimum absolute atomic E-state index is 0.191. The van der Waals surface area contributed by atoms with E-state index in [4.69, 9.17) is 0 Å². The van der Waals surface area contributed by atoms with Gasteiger partial charge in [0.15, 0.2) is 0 Å². The van der Waals surface area contributed by atoms with Crippen molar-refractivity contribution in [3.8, 4) is 0 Å². The number of halogens is 6. The molecule has 0 fully saturated rings. The van der Waals surface area contributed by atoms with Crippen molar-refractivity contribution in [1.82, 2.24) is 5.32 Å². The van der Waals surface area contributed by atoms with Crippen LogP contribution in [-0.2, 0) is 11.3 Å². The van der Waals surface area contributed by atoms with Gasteiger partial charge in [0, 0.05) is 13.1 Å². The van der Waals surface area contributed by atoms with Crippen LogP contribution in [-0.4, -0.2) is 25.4 Å². The van der Waals surface area contributed by atoms with Crippen LogP contribution in [0.3, 0.4) is 0 Å². The van der Waals surface area contributed by atoms with E-state index in [0.29, 0.717) is 5.56 Å². The Kier molecular flexibility index (Phi) is 5.19. The van der Waals surface area contributed by atoms with Crippen molar-refractivity contribution in [1.29, 1.82) is 0 Å². The summed E-state index contributed by atoms with van der Waals surface area (Å²) in [6.07, 6.45) is -10.9. The highest BCUT2D eigenvalue weighted by Gasteiger charge is 2.59. The van der Waals surface area contributed by atoms with Gasteiger partial charge in [-0.15, -0.1) is 0 Å². The molecule has 0 aromatic heterocycles. The monoisotopic (exact) mass is 287 g/mol. The van der Waals surface area contributed by atoms with Crippen LogP contribution in [0.5, 0.6) is 0 Å². The average Bonchev–Trinajstić information content (AvgIpc) is 2.29. The Morgan fingerprint density at radius 1 is 1.00 bits per heavy atom. The summed E-state index contributed by atoms with van der Waals surface area (Å²) in [4.78, 5) is 0. The van der Waals surface area contributed by atoms with Crippen molar-refractivity contribution in [2.75, 3.05) is 13.2 Å². The summed E-state index contributed by atoms with van der Waals surface area (Å²) in [7, 11) is 0. The highest BCUT2D eigenvalue weighted by molar-refractivity contribution is 5.15. The molecule has 0 aliphatic heterocycles. The molecule has 0 spiro atoms. The first-order chi connectivity index (χ1) is 8.72. The standard InChI is InChI=1S/C11H11F6NO/c12-9-3-1-8(2-4-9)7-18-5-6-19-11(16,17)10(13,14)15/h1-4,18H,5-7H2. The molecule has 0 aliphatic rings. The van der Waals surface area contributed by atoms with Crippen molar-refractivity contribution in [3.63, 3.8) is 0 Å². The van der Waals surface area contributed by atoms with Gasteiger partial charge in [-0.25, -0.2) is 4.39 Å². The van der Waals surface area contributed by atoms with Crippen LogP contribution >= 0.6 is 0 Å². The number of ether oxygens (including phenoxy) is 1. The van der Waals surface area contributed by atoms with E-state index in [1.54, 1.807) is 0 Å². The number of rotatable bonds is 6. The van der Waals surface area contributed by atoms with Gasteiger partial charge < -0.3 is 10.1 Å². The van der Waals surface area contributed by atoms with Crippen LogP contribution in [0, 0.1) is 5.82 Å². The Balaban J connectivity index is 2.23. The van der Waals surface area contributed by atoms with E-state index in [2.05, 4.69) is 10.1 Å². The van der Waals surface area contributed by atoms with Crippen molar-refractivity contribution in [2.24, 2.45) is 0 Å². The second-order valence-electron chi connectivity index (χ2n) is 3.67. The van der Waals surface area contributed by atoms with E-state index in [0.717, 1.165) is 0 Å². The molecule has 0 radical (unpaired) electrons. The molecule has 1 aromatic rings. The fraction of sp³-hybridized carbons (Fsp3) is 0.455. The molecule has 0 amide bonds. The fourth-order valence-corrected chi connectivity index (χ4v) is 1.17. The van der Waals surface area contributed by atoms with Crippen molar-refractivity contribution in [2.45, 2.75) is 18.8 Å². The maximum absolute atomic E-state index is 12.5. The molecule has 1 rings (SSSR count). The van der Waals surface area contributed by atoms with Gasteiger partial charge in [0.05, 0.1) is 6.61 Å². The zero-order chi connectivity index (χ0) is 14.5. The number of nitrogens with one attached hydrogen (secondary N) is 1. The van der Waals surface area contributed by atoms with Crippen LogP contribution < -0.4 is 5.32 Å². The van der Waals surface area contributed by atoms with E-state index >= 15 is 0 Å². The second-order valence-corrected chi connectivity index (χ2v) is 3.67. The normalized spacial score (nSPS) is 12.7. The number of alkyl halides is 5. The summed E-state index contributed by atoms with van der Waals surface area (Å²) in [5.74, 6) is -0.420.